The zero-order chi connectivity index (χ0) is 16.7. The molecule has 4 rings (SSSR count). The van der Waals surface area contributed by atoms with Gasteiger partial charge in [-0.15, -0.1) is 0 Å². The zero-order valence-electron chi connectivity index (χ0n) is 12.6. The van der Waals surface area contributed by atoms with E-state index < -0.39 is 5.82 Å². The monoisotopic (exact) mass is 321 g/mol. The van der Waals surface area contributed by atoms with Crippen molar-refractivity contribution in [1.29, 1.82) is 5.26 Å². The lowest BCUT2D eigenvalue weighted by atomic mass is 10.1. The van der Waals surface area contributed by atoms with Crippen LogP contribution >= 0.6 is 0 Å². The molecule has 0 atom stereocenters. The topological polar surface area (TPSA) is 74.3 Å². The molecule has 0 radical (unpaired) electrons. The van der Waals surface area contributed by atoms with Gasteiger partial charge in [-0.3, -0.25) is 4.79 Å². The van der Waals surface area contributed by atoms with Gasteiger partial charge in [0.1, 0.15) is 18.2 Å². The number of carbonyl (C=O) groups excluding carboxylic acids is 1. The van der Waals surface area contributed by atoms with Gasteiger partial charge in [0.25, 0.3) is 0 Å². The van der Waals surface area contributed by atoms with Crippen LogP contribution in [0.15, 0.2) is 36.7 Å². The number of carbonyl (C=O) groups is 1. The molecule has 118 valence electrons. The largest absolute Gasteiger partial charge is 0.312 e. The number of fused-ring (bicyclic) bond motifs is 1. The molecule has 3 aromatic rings. The quantitative estimate of drug-likeness (QED) is 0.727. The molecule has 7 heteroatoms. The molecule has 1 saturated heterocycles. The van der Waals surface area contributed by atoms with Gasteiger partial charge in [-0.1, -0.05) is 6.07 Å². The summed E-state index contributed by atoms with van der Waals surface area (Å²) >= 11 is 0. The van der Waals surface area contributed by atoms with Crippen LogP contribution in [0, 0.1) is 17.1 Å². The Balaban J connectivity index is 1.91. The Morgan fingerprint density at radius 3 is 2.83 bits per heavy atom. The lowest BCUT2D eigenvalue weighted by molar-refractivity contribution is -0.117. The molecule has 3 heterocycles. The molecule has 0 N–H and O–H groups in total. The maximum Gasteiger partial charge on any atom is 0.227 e. The van der Waals surface area contributed by atoms with Crippen molar-refractivity contribution in [3.05, 3.63) is 48.0 Å². The number of halogens is 1. The molecule has 1 aromatic carbocycles. The summed E-state index contributed by atoms with van der Waals surface area (Å²) in [6, 6.07) is 9.78. The molecule has 0 spiro atoms. The fourth-order valence-electron chi connectivity index (χ4n) is 2.96. The molecule has 0 bridgehead atoms. The molecule has 1 fully saturated rings. The number of pyridine rings is 1. The van der Waals surface area contributed by atoms with E-state index in [1.165, 1.54) is 18.5 Å². The Morgan fingerprint density at radius 2 is 2.12 bits per heavy atom. The SMILES string of the molecule is N#Cc1ccc(-c2cc(N3CCCC3=O)cc3ncnn23)cc1F. The maximum absolute atomic E-state index is 14.0. The second-order valence-corrected chi connectivity index (χ2v) is 5.58. The zero-order valence-corrected chi connectivity index (χ0v) is 12.6. The first kappa shape index (κ1) is 14.3. The van der Waals surface area contributed by atoms with Crippen molar-refractivity contribution in [1.82, 2.24) is 14.6 Å². The number of hydrogen-bond donors (Lipinski definition) is 0. The summed E-state index contributed by atoms with van der Waals surface area (Å²) in [5.74, 6) is -0.526. The normalized spacial score (nSPS) is 14.3. The molecule has 0 unspecified atom stereocenters. The van der Waals surface area contributed by atoms with Crippen LogP contribution in [0.5, 0.6) is 0 Å². The summed E-state index contributed by atoms with van der Waals surface area (Å²) in [4.78, 5) is 17.9. The Labute approximate surface area is 136 Å². The Hall–Kier alpha value is -3.27. The van der Waals surface area contributed by atoms with Gasteiger partial charge in [-0.25, -0.2) is 13.9 Å². The number of nitrogens with zero attached hydrogens (tertiary/aromatic N) is 5. The summed E-state index contributed by atoms with van der Waals surface area (Å²) in [6.07, 6.45) is 2.75. The van der Waals surface area contributed by atoms with Crippen molar-refractivity contribution in [3.8, 4) is 17.3 Å². The van der Waals surface area contributed by atoms with Crippen LogP contribution < -0.4 is 4.90 Å². The number of hydrogen-bond acceptors (Lipinski definition) is 4. The first-order valence-corrected chi connectivity index (χ1v) is 7.51. The highest BCUT2D eigenvalue weighted by Crippen LogP contribution is 2.29. The molecule has 24 heavy (non-hydrogen) atoms. The van der Waals surface area contributed by atoms with Crippen LogP contribution in [0.3, 0.4) is 0 Å². The highest BCUT2D eigenvalue weighted by molar-refractivity contribution is 5.96. The summed E-state index contributed by atoms with van der Waals surface area (Å²) in [7, 11) is 0. The number of rotatable bonds is 2. The number of amides is 1. The average Bonchev–Trinajstić information content (AvgIpc) is 3.22. The van der Waals surface area contributed by atoms with Crippen LogP contribution in [0.1, 0.15) is 18.4 Å². The summed E-state index contributed by atoms with van der Waals surface area (Å²) in [6.45, 7) is 0.657. The number of benzene rings is 1. The Morgan fingerprint density at radius 1 is 1.25 bits per heavy atom. The first-order valence-electron chi connectivity index (χ1n) is 7.51. The fourth-order valence-corrected chi connectivity index (χ4v) is 2.96. The smallest absolute Gasteiger partial charge is 0.227 e. The van der Waals surface area contributed by atoms with Gasteiger partial charge in [0.2, 0.25) is 5.91 Å². The molecule has 6 nitrogen and oxygen atoms in total. The second kappa shape index (κ2) is 5.42. The van der Waals surface area contributed by atoms with Gasteiger partial charge in [0.15, 0.2) is 5.65 Å². The van der Waals surface area contributed by atoms with Crippen molar-refractivity contribution >= 4 is 17.2 Å². The predicted molar refractivity (Wildman–Crippen MR) is 84.7 cm³/mol. The highest BCUT2D eigenvalue weighted by Gasteiger charge is 2.23. The Kier molecular flexibility index (Phi) is 3.24. The fraction of sp³-hybridized carbons (Fsp3) is 0.176. The predicted octanol–water partition coefficient (Wildman–Crippen LogP) is 2.53. The van der Waals surface area contributed by atoms with Crippen molar-refractivity contribution < 1.29 is 9.18 Å². The van der Waals surface area contributed by atoms with Gasteiger partial charge in [0, 0.05) is 30.3 Å². The summed E-state index contributed by atoms with van der Waals surface area (Å²) in [5, 5.41) is 13.0. The van der Waals surface area contributed by atoms with Crippen molar-refractivity contribution in [2.75, 3.05) is 11.4 Å². The van der Waals surface area contributed by atoms with E-state index >= 15 is 0 Å². The summed E-state index contributed by atoms with van der Waals surface area (Å²) in [5.41, 5.74) is 2.46. The minimum atomic E-state index is -0.592. The molecule has 1 aliphatic rings. The van der Waals surface area contributed by atoms with E-state index in [-0.39, 0.29) is 11.5 Å². The van der Waals surface area contributed by atoms with Crippen LogP contribution in [-0.4, -0.2) is 27.0 Å². The van der Waals surface area contributed by atoms with Crippen LogP contribution in [0.2, 0.25) is 0 Å². The minimum Gasteiger partial charge on any atom is -0.312 e. The average molecular weight is 321 g/mol. The van der Waals surface area contributed by atoms with E-state index in [0.717, 1.165) is 12.1 Å². The van der Waals surface area contributed by atoms with Gasteiger partial charge < -0.3 is 4.90 Å². The molecule has 1 aliphatic heterocycles. The molecular weight excluding hydrogens is 309 g/mol. The third kappa shape index (κ3) is 2.20. The maximum atomic E-state index is 14.0. The summed E-state index contributed by atoms with van der Waals surface area (Å²) < 4.78 is 15.6. The second-order valence-electron chi connectivity index (χ2n) is 5.58. The van der Waals surface area contributed by atoms with E-state index in [4.69, 9.17) is 5.26 Å². The molecule has 2 aromatic heterocycles. The highest BCUT2D eigenvalue weighted by atomic mass is 19.1. The van der Waals surface area contributed by atoms with Crippen LogP contribution in [0.25, 0.3) is 16.9 Å². The van der Waals surface area contributed by atoms with Crippen molar-refractivity contribution in [2.24, 2.45) is 0 Å². The number of nitriles is 1. The van der Waals surface area contributed by atoms with Gasteiger partial charge in [-0.05, 0) is 24.6 Å². The lowest BCUT2D eigenvalue weighted by Crippen LogP contribution is -2.23. The van der Waals surface area contributed by atoms with E-state index in [1.807, 2.05) is 0 Å². The standard InChI is InChI=1S/C17H12FN5O/c18-14-6-11(3-4-12(14)9-19)15-7-13(22-5-1-2-17(22)24)8-16-20-10-21-23(15)16/h3-4,6-8,10H,1-2,5H2. The van der Waals surface area contributed by atoms with E-state index in [0.29, 0.717) is 29.9 Å². The van der Waals surface area contributed by atoms with Crippen LogP contribution in [-0.2, 0) is 4.79 Å². The van der Waals surface area contributed by atoms with Gasteiger partial charge in [-0.2, -0.15) is 10.4 Å². The third-order valence-electron chi connectivity index (χ3n) is 4.13. The third-order valence-corrected chi connectivity index (χ3v) is 4.13. The lowest BCUT2D eigenvalue weighted by Gasteiger charge is -2.17. The molecule has 0 saturated carbocycles. The number of anilines is 1. The molecule has 1 amide bonds. The minimum absolute atomic E-state index is 0.0144. The van der Waals surface area contributed by atoms with E-state index in [1.54, 1.807) is 33.7 Å². The van der Waals surface area contributed by atoms with Gasteiger partial charge in [0.05, 0.1) is 11.3 Å². The van der Waals surface area contributed by atoms with Gasteiger partial charge >= 0.3 is 0 Å². The van der Waals surface area contributed by atoms with Crippen molar-refractivity contribution in [3.63, 3.8) is 0 Å². The first-order chi connectivity index (χ1) is 11.7. The van der Waals surface area contributed by atoms with E-state index in [2.05, 4.69) is 10.1 Å². The van der Waals surface area contributed by atoms with E-state index in [9.17, 15) is 9.18 Å². The Bertz CT molecular complexity index is 1000. The van der Waals surface area contributed by atoms with Crippen LogP contribution in [0.4, 0.5) is 10.1 Å². The molecular formula is C17H12FN5O. The molecule has 0 aliphatic carbocycles. The van der Waals surface area contributed by atoms with Crippen molar-refractivity contribution in [2.45, 2.75) is 12.8 Å². The number of aromatic nitrogens is 3.